The molecule has 0 fully saturated rings. The van der Waals surface area contributed by atoms with E-state index in [0.29, 0.717) is 12.3 Å². The second-order valence-electron chi connectivity index (χ2n) is 5.93. The van der Waals surface area contributed by atoms with Gasteiger partial charge in [-0.1, -0.05) is 6.92 Å². The van der Waals surface area contributed by atoms with Gasteiger partial charge >= 0.3 is 0 Å². The maximum atomic E-state index is 11.6. The highest BCUT2D eigenvalue weighted by Crippen LogP contribution is 2.42. The minimum atomic E-state index is 0.151. The van der Waals surface area contributed by atoms with E-state index < -0.39 is 0 Å². The Bertz CT molecular complexity index is 674. The largest absolute Gasteiger partial charge is 0.496 e. The number of aryl methyl sites for hydroxylation is 1. The zero-order valence-electron chi connectivity index (χ0n) is 13.3. The number of amides is 1. The molecular weight excluding hydrogens is 278 g/mol. The van der Waals surface area contributed by atoms with Crippen LogP contribution in [0.25, 0.3) is 11.0 Å². The van der Waals surface area contributed by atoms with Gasteiger partial charge in [-0.2, -0.15) is 0 Å². The molecule has 1 unspecified atom stereocenters. The molecule has 1 aliphatic carbocycles. The lowest BCUT2D eigenvalue weighted by atomic mass is 9.82. The summed E-state index contributed by atoms with van der Waals surface area (Å²) in [6.07, 6.45) is 6.42. The molecule has 118 valence electrons. The van der Waals surface area contributed by atoms with Gasteiger partial charge in [0, 0.05) is 29.5 Å². The van der Waals surface area contributed by atoms with Crippen LogP contribution in [0, 0.1) is 0 Å². The first-order valence-electron chi connectivity index (χ1n) is 8.08. The van der Waals surface area contributed by atoms with Gasteiger partial charge in [0.1, 0.15) is 11.3 Å². The molecule has 22 heavy (non-hydrogen) atoms. The molecule has 1 amide bonds. The van der Waals surface area contributed by atoms with Gasteiger partial charge in [0.15, 0.2) is 0 Å². The standard InChI is InChI=1S/C18H23NO3/c1-3-4-17(20)19-10-9-12-5-6-13-15(21-2)7-8-16-18(13)14(12)11-22-16/h7-8,11-12H,3-6,9-10H2,1-2H3,(H,19,20). The lowest BCUT2D eigenvalue weighted by Gasteiger charge is -2.23. The van der Waals surface area contributed by atoms with Crippen molar-refractivity contribution in [1.82, 2.24) is 5.32 Å². The third kappa shape index (κ3) is 2.70. The summed E-state index contributed by atoms with van der Waals surface area (Å²) in [5.41, 5.74) is 3.46. The number of methoxy groups -OCH3 is 1. The first-order chi connectivity index (χ1) is 10.7. The van der Waals surface area contributed by atoms with Crippen molar-refractivity contribution in [3.8, 4) is 5.75 Å². The third-order valence-electron chi connectivity index (χ3n) is 4.53. The summed E-state index contributed by atoms with van der Waals surface area (Å²) in [6.45, 7) is 2.75. The van der Waals surface area contributed by atoms with E-state index in [4.69, 9.17) is 9.15 Å². The van der Waals surface area contributed by atoms with Crippen molar-refractivity contribution in [1.29, 1.82) is 0 Å². The Morgan fingerprint density at radius 2 is 2.32 bits per heavy atom. The highest BCUT2D eigenvalue weighted by atomic mass is 16.5. The summed E-state index contributed by atoms with van der Waals surface area (Å²) in [5, 5.41) is 4.23. The zero-order valence-corrected chi connectivity index (χ0v) is 13.3. The SMILES string of the molecule is CCCC(=O)NCCC1CCc2c(OC)ccc3occ1c23. The average molecular weight is 301 g/mol. The molecule has 4 heteroatoms. The van der Waals surface area contributed by atoms with Crippen LogP contribution < -0.4 is 10.1 Å². The second-order valence-corrected chi connectivity index (χ2v) is 5.93. The van der Waals surface area contributed by atoms with Crippen molar-refractivity contribution in [2.45, 2.75) is 44.9 Å². The molecule has 1 aromatic heterocycles. The lowest BCUT2D eigenvalue weighted by molar-refractivity contribution is -0.121. The number of ether oxygens (including phenoxy) is 1. The van der Waals surface area contributed by atoms with Gasteiger partial charge < -0.3 is 14.5 Å². The smallest absolute Gasteiger partial charge is 0.219 e. The minimum absolute atomic E-state index is 0.151. The number of nitrogens with one attached hydrogen (secondary N) is 1. The summed E-state index contributed by atoms with van der Waals surface area (Å²) in [6, 6.07) is 3.96. The highest BCUT2D eigenvalue weighted by Gasteiger charge is 2.26. The molecule has 1 aliphatic rings. The van der Waals surface area contributed by atoms with E-state index in [9.17, 15) is 4.79 Å². The fourth-order valence-corrected chi connectivity index (χ4v) is 3.42. The summed E-state index contributed by atoms with van der Waals surface area (Å²) in [7, 11) is 1.72. The molecule has 3 rings (SSSR count). The first kappa shape index (κ1) is 14.9. The fraction of sp³-hybridized carbons (Fsp3) is 0.500. The van der Waals surface area contributed by atoms with Crippen molar-refractivity contribution in [3.63, 3.8) is 0 Å². The van der Waals surface area contributed by atoms with Crippen LogP contribution in [0.5, 0.6) is 5.75 Å². The molecule has 4 nitrogen and oxygen atoms in total. The van der Waals surface area contributed by atoms with E-state index in [0.717, 1.165) is 43.6 Å². The van der Waals surface area contributed by atoms with Gasteiger partial charge in [-0.25, -0.2) is 0 Å². The Morgan fingerprint density at radius 3 is 3.09 bits per heavy atom. The normalized spacial score (nSPS) is 16.7. The number of carbonyl (C=O) groups excluding carboxylic acids is 1. The summed E-state index contributed by atoms with van der Waals surface area (Å²) < 4.78 is 11.2. The van der Waals surface area contributed by atoms with Gasteiger partial charge in [-0.15, -0.1) is 0 Å². The molecule has 0 radical (unpaired) electrons. The van der Waals surface area contributed by atoms with E-state index in [1.807, 2.05) is 25.3 Å². The number of rotatable bonds is 6. The molecule has 1 aromatic carbocycles. The van der Waals surface area contributed by atoms with E-state index in [1.165, 1.54) is 16.5 Å². The van der Waals surface area contributed by atoms with Gasteiger partial charge in [0.25, 0.3) is 0 Å². The summed E-state index contributed by atoms with van der Waals surface area (Å²) >= 11 is 0. The van der Waals surface area contributed by atoms with Crippen LogP contribution in [0.15, 0.2) is 22.8 Å². The van der Waals surface area contributed by atoms with Crippen molar-refractivity contribution in [3.05, 3.63) is 29.5 Å². The first-order valence-corrected chi connectivity index (χ1v) is 8.08. The Balaban J connectivity index is 1.76. The third-order valence-corrected chi connectivity index (χ3v) is 4.53. The molecule has 0 saturated heterocycles. The molecule has 1 atom stereocenters. The minimum Gasteiger partial charge on any atom is -0.496 e. The molecule has 0 aliphatic heterocycles. The fourth-order valence-electron chi connectivity index (χ4n) is 3.42. The van der Waals surface area contributed by atoms with Crippen LogP contribution in [0.2, 0.25) is 0 Å². The second kappa shape index (κ2) is 6.42. The van der Waals surface area contributed by atoms with Crippen LogP contribution in [0.1, 0.15) is 49.7 Å². The summed E-state index contributed by atoms with van der Waals surface area (Å²) in [5.74, 6) is 1.55. The Labute approximate surface area is 130 Å². The number of hydrogen-bond donors (Lipinski definition) is 1. The highest BCUT2D eigenvalue weighted by molar-refractivity contribution is 5.88. The van der Waals surface area contributed by atoms with Gasteiger partial charge in [0.2, 0.25) is 5.91 Å². The van der Waals surface area contributed by atoms with Crippen LogP contribution in [0.3, 0.4) is 0 Å². The monoisotopic (exact) mass is 301 g/mol. The molecule has 2 aromatic rings. The molecule has 0 bridgehead atoms. The van der Waals surface area contributed by atoms with E-state index in [1.54, 1.807) is 7.11 Å². The quantitative estimate of drug-likeness (QED) is 0.883. The lowest BCUT2D eigenvalue weighted by Crippen LogP contribution is -2.25. The molecule has 1 heterocycles. The van der Waals surface area contributed by atoms with E-state index in [2.05, 4.69) is 5.32 Å². The number of hydrogen-bond acceptors (Lipinski definition) is 3. The molecule has 0 saturated carbocycles. The Hall–Kier alpha value is -1.97. The maximum absolute atomic E-state index is 11.6. The number of furan rings is 1. The molecule has 0 spiro atoms. The van der Waals surface area contributed by atoms with Gasteiger partial charge in [-0.3, -0.25) is 4.79 Å². The van der Waals surface area contributed by atoms with Crippen LogP contribution in [-0.4, -0.2) is 19.6 Å². The Morgan fingerprint density at radius 1 is 1.45 bits per heavy atom. The van der Waals surface area contributed by atoms with Crippen LogP contribution in [-0.2, 0) is 11.2 Å². The topological polar surface area (TPSA) is 51.5 Å². The van der Waals surface area contributed by atoms with Crippen molar-refractivity contribution >= 4 is 16.9 Å². The molecule has 1 N–H and O–H groups in total. The number of carbonyl (C=O) groups is 1. The average Bonchev–Trinajstić information content (AvgIpc) is 2.95. The van der Waals surface area contributed by atoms with E-state index >= 15 is 0 Å². The zero-order chi connectivity index (χ0) is 15.5. The Kier molecular flexibility index (Phi) is 4.36. The molecular formula is C18H23NO3. The predicted molar refractivity (Wildman–Crippen MR) is 86.4 cm³/mol. The van der Waals surface area contributed by atoms with Crippen LogP contribution in [0.4, 0.5) is 0 Å². The maximum Gasteiger partial charge on any atom is 0.219 e. The summed E-state index contributed by atoms with van der Waals surface area (Å²) in [4.78, 5) is 11.6. The van der Waals surface area contributed by atoms with Crippen molar-refractivity contribution in [2.24, 2.45) is 0 Å². The van der Waals surface area contributed by atoms with Crippen molar-refractivity contribution in [2.75, 3.05) is 13.7 Å². The van der Waals surface area contributed by atoms with E-state index in [-0.39, 0.29) is 5.91 Å². The predicted octanol–water partition coefficient (Wildman–Crippen LogP) is 3.78. The van der Waals surface area contributed by atoms with Gasteiger partial charge in [0.05, 0.1) is 13.4 Å². The van der Waals surface area contributed by atoms with Crippen LogP contribution >= 0.6 is 0 Å². The van der Waals surface area contributed by atoms with Gasteiger partial charge in [-0.05, 0) is 43.7 Å². The number of benzene rings is 1. The van der Waals surface area contributed by atoms with Crippen molar-refractivity contribution < 1.29 is 13.9 Å².